The Bertz CT molecular complexity index is 337. The van der Waals surface area contributed by atoms with Crippen LogP contribution < -0.4 is 5.32 Å². The minimum absolute atomic E-state index is 0.396. The summed E-state index contributed by atoms with van der Waals surface area (Å²) in [7, 11) is 0. The van der Waals surface area contributed by atoms with Gasteiger partial charge in [-0.05, 0) is 19.1 Å². The van der Waals surface area contributed by atoms with Crippen LogP contribution in [-0.4, -0.2) is 28.0 Å². The third-order valence-corrected chi connectivity index (χ3v) is 1.66. The summed E-state index contributed by atoms with van der Waals surface area (Å²) in [6.45, 7) is 1.40. The first-order chi connectivity index (χ1) is 6.61. The number of amides is 1. The lowest BCUT2D eigenvalue weighted by atomic mass is 10.2. The number of pyridine rings is 1. The molecule has 0 aliphatic carbocycles. The van der Waals surface area contributed by atoms with Crippen LogP contribution in [0, 0.1) is 0 Å². The van der Waals surface area contributed by atoms with Crippen molar-refractivity contribution in [3.05, 3.63) is 30.1 Å². The van der Waals surface area contributed by atoms with Crippen molar-refractivity contribution in [2.45, 2.75) is 13.0 Å². The van der Waals surface area contributed by atoms with Crippen LogP contribution in [0.25, 0.3) is 0 Å². The quantitative estimate of drug-likeness (QED) is 0.724. The summed E-state index contributed by atoms with van der Waals surface area (Å²) in [6.07, 6.45) is 2.95. The molecule has 0 saturated heterocycles. The summed E-state index contributed by atoms with van der Waals surface area (Å²) < 4.78 is 0. The average molecular weight is 194 g/mol. The molecule has 1 rings (SSSR count). The SMILES string of the molecule is CC(NC(=O)c1ccncc1)C(=O)O. The molecule has 5 heteroatoms. The van der Waals surface area contributed by atoms with Crippen LogP contribution in [0.2, 0.25) is 0 Å². The Kier molecular flexibility index (Phi) is 3.17. The Morgan fingerprint density at radius 2 is 2.00 bits per heavy atom. The Balaban J connectivity index is 2.64. The number of nitrogens with one attached hydrogen (secondary N) is 1. The number of rotatable bonds is 3. The summed E-state index contributed by atoms with van der Waals surface area (Å²) in [4.78, 5) is 25.5. The van der Waals surface area contributed by atoms with Crippen molar-refractivity contribution in [3.8, 4) is 0 Å². The molecule has 1 aromatic heterocycles. The fourth-order valence-electron chi connectivity index (χ4n) is 0.845. The van der Waals surface area contributed by atoms with Gasteiger partial charge in [-0.25, -0.2) is 0 Å². The van der Waals surface area contributed by atoms with Crippen LogP contribution in [0.15, 0.2) is 24.5 Å². The molecule has 1 amide bonds. The molecule has 1 unspecified atom stereocenters. The van der Waals surface area contributed by atoms with Crippen LogP contribution in [0.3, 0.4) is 0 Å². The van der Waals surface area contributed by atoms with E-state index < -0.39 is 17.9 Å². The fourth-order valence-corrected chi connectivity index (χ4v) is 0.845. The van der Waals surface area contributed by atoms with E-state index >= 15 is 0 Å². The highest BCUT2D eigenvalue weighted by Crippen LogP contribution is 1.96. The normalized spacial score (nSPS) is 11.8. The monoisotopic (exact) mass is 194 g/mol. The van der Waals surface area contributed by atoms with Crippen molar-refractivity contribution in [1.82, 2.24) is 10.3 Å². The van der Waals surface area contributed by atoms with Gasteiger partial charge >= 0.3 is 5.97 Å². The molecule has 1 atom stereocenters. The van der Waals surface area contributed by atoms with E-state index in [0.717, 1.165) is 0 Å². The molecular weight excluding hydrogens is 184 g/mol. The first-order valence-corrected chi connectivity index (χ1v) is 4.05. The molecule has 0 spiro atoms. The number of hydrogen-bond acceptors (Lipinski definition) is 3. The zero-order chi connectivity index (χ0) is 10.6. The maximum Gasteiger partial charge on any atom is 0.325 e. The van der Waals surface area contributed by atoms with Crippen molar-refractivity contribution in [2.75, 3.05) is 0 Å². The average Bonchev–Trinajstić information content (AvgIpc) is 2.19. The molecule has 0 aromatic carbocycles. The first kappa shape index (κ1) is 10.2. The van der Waals surface area contributed by atoms with E-state index in [-0.39, 0.29) is 0 Å². The predicted octanol–water partition coefficient (Wildman–Crippen LogP) is 0.284. The number of nitrogens with zero attached hydrogens (tertiary/aromatic N) is 1. The smallest absolute Gasteiger partial charge is 0.325 e. The van der Waals surface area contributed by atoms with Gasteiger partial charge in [-0.3, -0.25) is 14.6 Å². The Morgan fingerprint density at radius 1 is 1.43 bits per heavy atom. The molecule has 1 heterocycles. The van der Waals surface area contributed by atoms with Crippen LogP contribution in [0.4, 0.5) is 0 Å². The van der Waals surface area contributed by atoms with E-state index in [0.29, 0.717) is 5.56 Å². The van der Waals surface area contributed by atoms with Crippen molar-refractivity contribution >= 4 is 11.9 Å². The van der Waals surface area contributed by atoms with E-state index in [4.69, 9.17) is 5.11 Å². The summed E-state index contributed by atoms with van der Waals surface area (Å²) >= 11 is 0. The molecule has 0 saturated carbocycles. The lowest BCUT2D eigenvalue weighted by Crippen LogP contribution is -2.38. The van der Waals surface area contributed by atoms with Gasteiger partial charge < -0.3 is 10.4 Å². The number of aliphatic carboxylic acids is 1. The molecule has 1 aromatic rings. The van der Waals surface area contributed by atoms with E-state index in [2.05, 4.69) is 10.3 Å². The number of carboxylic acids is 1. The van der Waals surface area contributed by atoms with Crippen molar-refractivity contribution < 1.29 is 14.7 Å². The highest BCUT2D eigenvalue weighted by molar-refractivity contribution is 5.96. The predicted molar refractivity (Wildman–Crippen MR) is 48.8 cm³/mol. The number of carbonyl (C=O) groups is 2. The minimum Gasteiger partial charge on any atom is -0.480 e. The molecular formula is C9H10N2O3. The zero-order valence-electron chi connectivity index (χ0n) is 7.60. The third kappa shape index (κ3) is 2.55. The number of aromatic nitrogens is 1. The van der Waals surface area contributed by atoms with E-state index in [1.165, 1.54) is 31.5 Å². The molecule has 14 heavy (non-hydrogen) atoms. The molecule has 0 bridgehead atoms. The van der Waals surface area contributed by atoms with Gasteiger partial charge in [-0.2, -0.15) is 0 Å². The maximum atomic E-state index is 11.4. The molecule has 0 aliphatic rings. The molecule has 0 aliphatic heterocycles. The minimum atomic E-state index is -1.06. The molecule has 2 N–H and O–H groups in total. The summed E-state index contributed by atoms with van der Waals surface area (Å²) in [5.74, 6) is -1.48. The highest BCUT2D eigenvalue weighted by Gasteiger charge is 2.14. The Morgan fingerprint density at radius 3 is 2.50 bits per heavy atom. The van der Waals surface area contributed by atoms with Crippen molar-refractivity contribution in [2.24, 2.45) is 0 Å². The van der Waals surface area contributed by atoms with Gasteiger partial charge in [0.1, 0.15) is 6.04 Å². The maximum absolute atomic E-state index is 11.4. The Hall–Kier alpha value is -1.91. The van der Waals surface area contributed by atoms with E-state index in [1.54, 1.807) is 0 Å². The van der Waals surface area contributed by atoms with Gasteiger partial charge in [0.2, 0.25) is 0 Å². The third-order valence-electron chi connectivity index (χ3n) is 1.66. The molecule has 74 valence electrons. The first-order valence-electron chi connectivity index (χ1n) is 4.05. The van der Waals surface area contributed by atoms with E-state index in [9.17, 15) is 9.59 Å². The lowest BCUT2D eigenvalue weighted by Gasteiger charge is -2.08. The second kappa shape index (κ2) is 4.36. The number of carbonyl (C=O) groups excluding carboxylic acids is 1. The summed E-state index contributed by atoms with van der Waals surface area (Å²) in [5.41, 5.74) is 0.396. The fraction of sp³-hybridized carbons (Fsp3) is 0.222. The largest absolute Gasteiger partial charge is 0.480 e. The molecule has 0 radical (unpaired) electrons. The highest BCUT2D eigenvalue weighted by atomic mass is 16.4. The second-order valence-electron chi connectivity index (χ2n) is 2.77. The van der Waals surface area contributed by atoms with Gasteiger partial charge in [0, 0.05) is 18.0 Å². The van der Waals surface area contributed by atoms with Gasteiger partial charge in [-0.1, -0.05) is 0 Å². The second-order valence-corrected chi connectivity index (χ2v) is 2.77. The van der Waals surface area contributed by atoms with E-state index in [1.807, 2.05) is 0 Å². The van der Waals surface area contributed by atoms with Gasteiger partial charge in [0.05, 0.1) is 0 Å². The lowest BCUT2D eigenvalue weighted by molar-refractivity contribution is -0.138. The van der Waals surface area contributed by atoms with Crippen LogP contribution in [0.5, 0.6) is 0 Å². The van der Waals surface area contributed by atoms with Gasteiger partial charge in [-0.15, -0.1) is 0 Å². The standard InChI is InChI=1S/C9H10N2O3/c1-6(9(13)14)11-8(12)7-2-4-10-5-3-7/h2-6H,1H3,(H,11,12)(H,13,14). The molecule has 5 nitrogen and oxygen atoms in total. The Labute approximate surface area is 80.8 Å². The van der Waals surface area contributed by atoms with Crippen molar-refractivity contribution in [3.63, 3.8) is 0 Å². The summed E-state index contributed by atoms with van der Waals surface area (Å²) in [6, 6.07) is 2.14. The van der Waals surface area contributed by atoms with Crippen LogP contribution in [0.1, 0.15) is 17.3 Å². The van der Waals surface area contributed by atoms with Gasteiger partial charge in [0.15, 0.2) is 0 Å². The van der Waals surface area contributed by atoms with Gasteiger partial charge in [0.25, 0.3) is 5.91 Å². The van der Waals surface area contributed by atoms with Crippen molar-refractivity contribution in [1.29, 1.82) is 0 Å². The molecule has 0 fully saturated rings. The van der Waals surface area contributed by atoms with Crippen LogP contribution >= 0.6 is 0 Å². The number of hydrogen-bond donors (Lipinski definition) is 2. The number of carboxylic acid groups (broad SMARTS) is 1. The zero-order valence-corrected chi connectivity index (χ0v) is 7.60. The summed E-state index contributed by atoms with van der Waals surface area (Å²) in [5, 5.41) is 10.9. The topological polar surface area (TPSA) is 79.3 Å². The van der Waals surface area contributed by atoms with Crippen LogP contribution in [-0.2, 0) is 4.79 Å².